The van der Waals surface area contributed by atoms with Crippen LogP contribution in [0.2, 0.25) is 0 Å². The molecule has 29 heavy (non-hydrogen) atoms. The van der Waals surface area contributed by atoms with Gasteiger partial charge in [-0.1, -0.05) is 54.9 Å². The molecule has 1 aromatic heterocycles. The molecule has 2 N–H and O–H groups in total. The number of hydrogen-bond acceptors (Lipinski definition) is 5. The molecule has 1 amide bonds. The lowest BCUT2D eigenvalue weighted by atomic mass is 10.2. The van der Waals surface area contributed by atoms with Gasteiger partial charge in [0.05, 0.1) is 5.75 Å². The van der Waals surface area contributed by atoms with Crippen LogP contribution in [0.15, 0.2) is 59.8 Å². The van der Waals surface area contributed by atoms with Gasteiger partial charge in [0.2, 0.25) is 11.1 Å². The molecule has 1 fully saturated rings. The number of nitrogens with one attached hydrogen (secondary N) is 2. The predicted molar refractivity (Wildman–Crippen MR) is 118 cm³/mol. The third-order valence-corrected chi connectivity index (χ3v) is 5.81. The van der Waals surface area contributed by atoms with Crippen LogP contribution in [0.4, 0.5) is 11.4 Å². The summed E-state index contributed by atoms with van der Waals surface area (Å²) in [6, 6.07) is 17.9. The molecule has 1 saturated heterocycles. The first-order valence-electron chi connectivity index (χ1n) is 10.0. The van der Waals surface area contributed by atoms with E-state index >= 15 is 0 Å². The van der Waals surface area contributed by atoms with Gasteiger partial charge in [0.15, 0.2) is 5.82 Å². The van der Waals surface area contributed by atoms with Crippen molar-refractivity contribution in [2.75, 3.05) is 29.1 Å². The van der Waals surface area contributed by atoms with Crippen LogP contribution in [0.3, 0.4) is 0 Å². The third-order valence-electron chi connectivity index (χ3n) is 4.97. The summed E-state index contributed by atoms with van der Waals surface area (Å²) in [5.41, 5.74) is 3.02. The van der Waals surface area contributed by atoms with E-state index in [2.05, 4.69) is 37.5 Å². The van der Waals surface area contributed by atoms with Gasteiger partial charge < -0.3 is 10.2 Å². The number of aromatic nitrogens is 3. The molecule has 0 bridgehead atoms. The standard InChI is InChI=1S/C22H25N5OS/c28-20(16-29-22-24-21(25-26-22)17-8-4-3-5-9-17)23-18-10-12-19(13-11-18)27-14-6-1-2-7-15-27/h3-5,8-13H,1-2,6-7,14-16H2,(H,23,28)(H,24,25,26). The molecule has 3 aromatic rings. The molecule has 0 spiro atoms. The molecule has 0 radical (unpaired) electrons. The summed E-state index contributed by atoms with van der Waals surface area (Å²) >= 11 is 1.32. The van der Waals surface area contributed by atoms with Gasteiger partial charge in [-0.15, -0.1) is 5.10 Å². The Balaban J connectivity index is 1.28. The molecule has 0 atom stereocenters. The zero-order valence-corrected chi connectivity index (χ0v) is 17.1. The molecule has 1 aliphatic rings. The lowest BCUT2D eigenvalue weighted by molar-refractivity contribution is -0.113. The van der Waals surface area contributed by atoms with Gasteiger partial charge in [0.1, 0.15) is 0 Å². The van der Waals surface area contributed by atoms with Crippen molar-refractivity contribution in [1.82, 2.24) is 15.2 Å². The van der Waals surface area contributed by atoms with E-state index in [1.165, 1.54) is 43.1 Å². The molecule has 6 nitrogen and oxygen atoms in total. The molecule has 2 heterocycles. The van der Waals surface area contributed by atoms with Gasteiger partial charge in [-0.25, -0.2) is 4.98 Å². The number of anilines is 2. The Kier molecular flexibility index (Phi) is 6.46. The van der Waals surface area contributed by atoms with Crippen molar-refractivity contribution in [3.63, 3.8) is 0 Å². The van der Waals surface area contributed by atoms with Crippen LogP contribution in [0, 0.1) is 0 Å². The van der Waals surface area contributed by atoms with Gasteiger partial charge in [-0.05, 0) is 37.1 Å². The Labute approximate surface area is 175 Å². The maximum Gasteiger partial charge on any atom is 0.234 e. The second-order valence-corrected chi connectivity index (χ2v) is 8.06. The van der Waals surface area contributed by atoms with Gasteiger partial charge in [0.25, 0.3) is 0 Å². The summed E-state index contributed by atoms with van der Waals surface area (Å²) in [7, 11) is 0. The van der Waals surface area contributed by atoms with Gasteiger partial charge in [-0.2, -0.15) is 0 Å². The van der Waals surface area contributed by atoms with Crippen LogP contribution < -0.4 is 10.2 Å². The minimum absolute atomic E-state index is 0.0661. The number of thioether (sulfide) groups is 1. The Morgan fingerprint density at radius 3 is 2.45 bits per heavy atom. The normalized spacial score (nSPS) is 14.4. The van der Waals surface area contributed by atoms with E-state index in [0.717, 1.165) is 24.3 Å². The fourth-order valence-electron chi connectivity index (χ4n) is 3.45. The fourth-order valence-corrected chi connectivity index (χ4v) is 4.05. The summed E-state index contributed by atoms with van der Waals surface area (Å²) in [4.78, 5) is 19.2. The Morgan fingerprint density at radius 2 is 1.72 bits per heavy atom. The van der Waals surface area contributed by atoms with Crippen molar-refractivity contribution in [3.05, 3.63) is 54.6 Å². The Hall–Kier alpha value is -2.80. The number of benzene rings is 2. The van der Waals surface area contributed by atoms with E-state index in [9.17, 15) is 4.79 Å². The summed E-state index contributed by atoms with van der Waals surface area (Å²) in [5.74, 6) is 0.904. The van der Waals surface area contributed by atoms with E-state index in [4.69, 9.17) is 0 Å². The Morgan fingerprint density at radius 1 is 1.00 bits per heavy atom. The minimum atomic E-state index is -0.0661. The molecule has 0 saturated carbocycles. The summed E-state index contributed by atoms with van der Waals surface area (Å²) in [5, 5.41) is 10.6. The molecule has 2 aromatic carbocycles. The topological polar surface area (TPSA) is 73.9 Å². The molecule has 0 unspecified atom stereocenters. The first kappa shape index (κ1) is 19.5. The summed E-state index contributed by atoms with van der Waals surface area (Å²) in [6.07, 6.45) is 5.14. The highest BCUT2D eigenvalue weighted by Crippen LogP contribution is 2.22. The van der Waals surface area contributed by atoms with Crippen molar-refractivity contribution < 1.29 is 4.79 Å². The SMILES string of the molecule is O=C(CSc1n[nH]c(-c2ccccc2)n1)Nc1ccc(N2CCCCCC2)cc1. The molecule has 0 aliphatic carbocycles. The average Bonchev–Trinajstić information content (AvgIpc) is 3.07. The fraction of sp³-hybridized carbons (Fsp3) is 0.318. The molecule has 7 heteroatoms. The predicted octanol–water partition coefficient (Wildman–Crippen LogP) is 4.58. The monoisotopic (exact) mass is 407 g/mol. The minimum Gasteiger partial charge on any atom is -0.372 e. The zero-order valence-electron chi connectivity index (χ0n) is 16.3. The summed E-state index contributed by atoms with van der Waals surface area (Å²) in [6.45, 7) is 2.23. The van der Waals surface area contributed by atoms with E-state index in [-0.39, 0.29) is 11.7 Å². The number of aromatic amines is 1. The smallest absolute Gasteiger partial charge is 0.234 e. The number of hydrogen-bond donors (Lipinski definition) is 2. The maximum atomic E-state index is 12.3. The zero-order chi connectivity index (χ0) is 19.9. The van der Waals surface area contributed by atoms with Crippen LogP contribution in [-0.2, 0) is 4.79 Å². The number of carbonyl (C=O) groups is 1. The number of carbonyl (C=O) groups excluding carboxylic acids is 1. The largest absolute Gasteiger partial charge is 0.372 e. The van der Waals surface area contributed by atoms with Crippen LogP contribution >= 0.6 is 11.8 Å². The van der Waals surface area contributed by atoms with E-state index in [1.807, 2.05) is 42.5 Å². The second-order valence-electron chi connectivity index (χ2n) is 7.12. The third kappa shape index (κ3) is 5.38. The first-order chi connectivity index (χ1) is 14.3. The van der Waals surface area contributed by atoms with Crippen molar-refractivity contribution in [3.8, 4) is 11.4 Å². The average molecular weight is 408 g/mol. The van der Waals surface area contributed by atoms with Gasteiger partial charge in [0, 0.05) is 30.0 Å². The number of amides is 1. The van der Waals surface area contributed by atoms with Crippen molar-refractivity contribution in [2.24, 2.45) is 0 Å². The van der Waals surface area contributed by atoms with Crippen molar-refractivity contribution in [1.29, 1.82) is 0 Å². The number of H-pyrrole nitrogens is 1. The molecule has 150 valence electrons. The van der Waals surface area contributed by atoms with Crippen LogP contribution in [0.1, 0.15) is 25.7 Å². The lowest BCUT2D eigenvalue weighted by Crippen LogP contribution is -2.23. The van der Waals surface area contributed by atoms with Crippen molar-refractivity contribution in [2.45, 2.75) is 30.8 Å². The maximum absolute atomic E-state index is 12.3. The first-order valence-corrected chi connectivity index (χ1v) is 11.0. The lowest BCUT2D eigenvalue weighted by Gasteiger charge is -2.22. The van der Waals surface area contributed by atoms with Crippen LogP contribution in [-0.4, -0.2) is 39.9 Å². The molecular formula is C22H25N5OS. The molecule has 4 rings (SSSR count). The van der Waals surface area contributed by atoms with E-state index in [1.54, 1.807) is 0 Å². The highest BCUT2D eigenvalue weighted by Gasteiger charge is 2.11. The van der Waals surface area contributed by atoms with Crippen LogP contribution in [0.5, 0.6) is 0 Å². The Bertz CT molecular complexity index is 918. The van der Waals surface area contributed by atoms with Crippen LogP contribution in [0.25, 0.3) is 11.4 Å². The number of nitrogens with zero attached hydrogens (tertiary/aromatic N) is 3. The van der Waals surface area contributed by atoms with E-state index in [0.29, 0.717) is 11.0 Å². The molecule has 1 aliphatic heterocycles. The quantitative estimate of drug-likeness (QED) is 0.585. The highest BCUT2D eigenvalue weighted by molar-refractivity contribution is 7.99. The molecular weight excluding hydrogens is 382 g/mol. The number of rotatable bonds is 6. The van der Waals surface area contributed by atoms with Crippen molar-refractivity contribution >= 4 is 29.0 Å². The summed E-state index contributed by atoms with van der Waals surface area (Å²) < 4.78 is 0. The highest BCUT2D eigenvalue weighted by atomic mass is 32.2. The van der Waals surface area contributed by atoms with Gasteiger partial charge >= 0.3 is 0 Å². The second kappa shape index (κ2) is 9.60. The van der Waals surface area contributed by atoms with E-state index < -0.39 is 0 Å². The van der Waals surface area contributed by atoms with Gasteiger partial charge in [-0.3, -0.25) is 9.89 Å².